The van der Waals surface area contributed by atoms with Crippen LogP contribution in [0.4, 0.5) is 0 Å². The first kappa shape index (κ1) is 18.0. The van der Waals surface area contributed by atoms with Crippen LogP contribution in [0.3, 0.4) is 0 Å². The fraction of sp³-hybridized carbons (Fsp3) is 0.895. The highest BCUT2D eigenvalue weighted by atomic mass is 15.3. The number of nitrogens with zero attached hydrogens (tertiary/aromatic N) is 3. The highest BCUT2D eigenvalue weighted by Gasteiger charge is 2.24. The number of likely N-dealkylation sites (tertiary alicyclic amines) is 1. The van der Waals surface area contributed by atoms with Gasteiger partial charge in [0.25, 0.3) is 0 Å². The zero-order chi connectivity index (χ0) is 16.1. The third-order valence-corrected chi connectivity index (χ3v) is 5.60. The molecule has 0 unspecified atom stereocenters. The predicted octanol–water partition coefficient (Wildman–Crippen LogP) is 2.94. The summed E-state index contributed by atoms with van der Waals surface area (Å²) in [7, 11) is 0. The van der Waals surface area contributed by atoms with Gasteiger partial charge < -0.3 is 4.90 Å². The molecule has 0 aromatic heterocycles. The minimum absolute atomic E-state index is 0.620. The molecule has 0 aromatic rings. The lowest BCUT2D eigenvalue weighted by molar-refractivity contribution is 0.0821. The Hall–Kier alpha value is -0.380. The summed E-state index contributed by atoms with van der Waals surface area (Å²) < 4.78 is 0. The average Bonchev–Trinajstić information content (AvgIpc) is 2.49. The third kappa shape index (κ3) is 5.36. The first-order valence-corrected chi connectivity index (χ1v) is 9.32. The van der Waals surface area contributed by atoms with E-state index in [4.69, 9.17) is 0 Å². The lowest BCUT2D eigenvalue weighted by Crippen LogP contribution is -2.50. The van der Waals surface area contributed by atoms with Crippen LogP contribution in [0.5, 0.6) is 0 Å². The van der Waals surface area contributed by atoms with Gasteiger partial charge in [-0.1, -0.05) is 26.0 Å². The van der Waals surface area contributed by atoms with E-state index in [1.54, 1.807) is 0 Å². The first-order chi connectivity index (χ1) is 10.5. The van der Waals surface area contributed by atoms with Crippen molar-refractivity contribution >= 4 is 0 Å². The van der Waals surface area contributed by atoms with Crippen molar-refractivity contribution in [3.8, 4) is 0 Å². The minimum atomic E-state index is 0.620. The monoisotopic (exact) mass is 307 g/mol. The molecular weight excluding hydrogens is 270 g/mol. The highest BCUT2D eigenvalue weighted by Crippen LogP contribution is 2.21. The zero-order valence-corrected chi connectivity index (χ0v) is 15.4. The second kappa shape index (κ2) is 8.47. The molecule has 2 aliphatic heterocycles. The van der Waals surface area contributed by atoms with Crippen molar-refractivity contribution in [1.82, 2.24) is 14.7 Å². The maximum Gasteiger partial charge on any atom is 0.0192 e. The van der Waals surface area contributed by atoms with Crippen LogP contribution >= 0.6 is 0 Å². The Bertz CT molecular complexity index is 335. The van der Waals surface area contributed by atoms with Crippen LogP contribution < -0.4 is 0 Å². The molecule has 2 saturated heterocycles. The molecule has 2 fully saturated rings. The van der Waals surface area contributed by atoms with Crippen molar-refractivity contribution in [2.24, 2.45) is 11.8 Å². The second-order valence-electron chi connectivity index (χ2n) is 7.96. The summed E-state index contributed by atoms with van der Waals surface area (Å²) in [4.78, 5) is 7.92. The smallest absolute Gasteiger partial charge is 0.0192 e. The van der Waals surface area contributed by atoms with E-state index in [1.807, 2.05) is 0 Å². The molecule has 2 aliphatic rings. The van der Waals surface area contributed by atoms with Crippen molar-refractivity contribution in [2.45, 2.75) is 46.6 Å². The van der Waals surface area contributed by atoms with Gasteiger partial charge in [-0.3, -0.25) is 9.80 Å². The molecule has 2 rings (SSSR count). The largest absolute Gasteiger partial charge is 0.301 e. The molecule has 128 valence electrons. The Morgan fingerprint density at radius 3 is 2.00 bits per heavy atom. The van der Waals surface area contributed by atoms with Gasteiger partial charge in [-0.2, -0.15) is 0 Å². The Kier molecular flexibility index (Phi) is 6.91. The van der Waals surface area contributed by atoms with E-state index >= 15 is 0 Å². The van der Waals surface area contributed by atoms with Crippen molar-refractivity contribution in [2.75, 3.05) is 52.4 Å². The maximum absolute atomic E-state index is 4.23. The predicted molar refractivity (Wildman–Crippen MR) is 96.3 cm³/mol. The fourth-order valence-corrected chi connectivity index (χ4v) is 3.62. The fourth-order valence-electron chi connectivity index (χ4n) is 3.62. The molecule has 0 atom stereocenters. The summed E-state index contributed by atoms with van der Waals surface area (Å²) in [5.74, 6) is 1.53. The van der Waals surface area contributed by atoms with Crippen LogP contribution in [0.15, 0.2) is 12.2 Å². The molecule has 0 N–H and O–H groups in total. The van der Waals surface area contributed by atoms with E-state index in [0.717, 1.165) is 12.5 Å². The van der Waals surface area contributed by atoms with Crippen LogP contribution in [0, 0.1) is 11.8 Å². The second-order valence-corrected chi connectivity index (χ2v) is 7.96. The van der Waals surface area contributed by atoms with Crippen molar-refractivity contribution in [3.63, 3.8) is 0 Å². The van der Waals surface area contributed by atoms with Gasteiger partial charge in [0, 0.05) is 45.3 Å². The average molecular weight is 308 g/mol. The molecule has 0 aliphatic carbocycles. The van der Waals surface area contributed by atoms with E-state index in [1.165, 1.54) is 64.2 Å². The molecule has 0 saturated carbocycles. The zero-order valence-electron chi connectivity index (χ0n) is 15.4. The SMILES string of the molecule is C=C(CN1CCC(CN2CCN(C(C)C)CC2)CC1)C(C)C. The number of piperazine rings is 1. The van der Waals surface area contributed by atoms with Gasteiger partial charge in [-0.15, -0.1) is 0 Å². The molecule has 3 heteroatoms. The molecule has 0 bridgehead atoms. The first-order valence-electron chi connectivity index (χ1n) is 9.32. The number of rotatable bonds is 6. The van der Waals surface area contributed by atoms with Crippen molar-refractivity contribution < 1.29 is 0 Å². The standard InChI is InChI=1S/C19H37N3/c1-16(2)18(5)14-20-8-6-19(7-9-20)15-21-10-12-22(13-11-21)17(3)4/h16-17,19H,5-15H2,1-4H3. The van der Waals surface area contributed by atoms with Gasteiger partial charge in [0.1, 0.15) is 0 Å². The van der Waals surface area contributed by atoms with Crippen molar-refractivity contribution in [1.29, 1.82) is 0 Å². The van der Waals surface area contributed by atoms with Crippen LogP contribution in [-0.2, 0) is 0 Å². The van der Waals surface area contributed by atoms with Gasteiger partial charge in [0.05, 0.1) is 0 Å². The molecule has 2 heterocycles. The van der Waals surface area contributed by atoms with Gasteiger partial charge in [0.15, 0.2) is 0 Å². The van der Waals surface area contributed by atoms with Crippen LogP contribution in [0.25, 0.3) is 0 Å². The van der Waals surface area contributed by atoms with Crippen LogP contribution in [0.2, 0.25) is 0 Å². The van der Waals surface area contributed by atoms with Gasteiger partial charge in [-0.25, -0.2) is 0 Å². The Morgan fingerprint density at radius 1 is 0.909 bits per heavy atom. The number of piperidine rings is 1. The van der Waals surface area contributed by atoms with E-state index in [-0.39, 0.29) is 0 Å². The highest BCUT2D eigenvalue weighted by molar-refractivity contribution is 5.00. The lowest BCUT2D eigenvalue weighted by Gasteiger charge is -2.40. The normalized spacial score (nSPS) is 23.5. The Balaban J connectivity index is 1.65. The van der Waals surface area contributed by atoms with E-state index in [9.17, 15) is 0 Å². The molecule has 0 aromatic carbocycles. The van der Waals surface area contributed by atoms with Gasteiger partial charge >= 0.3 is 0 Å². The lowest BCUT2D eigenvalue weighted by atomic mass is 9.94. The summed E-state index contributed by atoms with van der Waals surface area (Å²) in [5, 5.41) is 0. The molecule has 0 spiro atoms. The summed E-state index contributed by atoms with van der Waals surface area (Å²) in [6, 6.07) is 0.708. The number of hydrogen-bond acceptors (Lipinski definition) is 3. The number of hydrogen-bond donors (Lipinski definition) is 0. The topological polar surface area (TPSA) is 9.72 Å². The Labute approximate surface area is 138 Å². The third-order valence-electron chi connectivity index (χ3n) is 5.60. The Morgan fingerprint density at radius 2 is 1.50 bits per heavy atom. The molecule has 0 amide bonds. The summed E-state index contributed by atoms with van der Waals surface area (Å²) in [5.41, 5.74) is 1.39. The minimum Gasteiger partial charge on any atom is -0.301 e. The van der Waals surface area contributed by atoms with E-state index in [2.05, 4.69) is 49.0 Å². The molecule has 22 heavy (non-hydrogen) atoms. The molecular formula is C19H37N3. The van der Waals surface area contributed by atoms with Crippen LogP contribution in [-0.4, -0.2) is 73.1 Å². The van der Waals surface area contributed by atoms with Crippen LogP contribution in [0.1, 0.15) is 40.5 Å². The van der Waals surface area contributed by atoms with E-state index in [0.29, 0.717) is 12.0 Å². The van der Waals surface area contributed by atoms with Gasteiger partial charge in [-0.05, 0) is 51.6 Å². The maximum atomic E-state index is 4.23. The quantitative estimate of drug-likeness (QED) is 0.699. The molecule has 3 nitrogen and oxygen atoms in total. The summed E-state index contributed by atoms with van der Waals surface area (Å²) >= 11 is 0. The van der Waals surface area contributed by atoms with Gasteiger partial charge in [0.2, 0.25) is 0 Å². The summed E-state index contributed by atoms with van der Waals surface area (Å²) in [6.45, 7) is 23.4. The molecule has 0 radical (unpaired) electrons. The van der Waals surface area contributed by atoms with Crippen molar-refractivity contribution in [3.05, 3.63) is 12.2 Å². The van der Waals surface area contributed by atoms with E-state index < -0.39 is 0 Å². The summed E-state index contributed by atoms with van der Waals surface area (Å²) in [6.07, 6.45) is 2.74.